The zero-order valence-electron chi connectivity index (χ0n) is 9.51. The Morgan fingerprint density at radius 2 is 2.31 bits per heavy atom. The Balaban J connectivity index is 2.18. The molecule has 0 saturated heterocycles. The molecule has 1 saturated carbocycles. The van der Waals surface area contributed by atoms with Crippen LogP contribution in [0.3, 0.4) is 0 Å². The highest BCUT2D eigenvalue weighted by molar-refractivity contribution is 7.99. The molecule has 16 heavy (non-hydrogen) atoms. The number of aromatic amines is 1. The average molecular weight is 243 g/mol. The van der Waals surface area contributed by atoms with Crippen molar-refractivity contribution >= 4 is 11.8 Å². The SMILES string of the molecule is CC(C)n1c(SC2CCCC2O)n[nH]c1=O. The zero-order chi connectivity index (χ0) is 11.7. The number of aliphatic hydroxyl groups excluding tert-OH is 1. The van der Waals surface area contributed by atoms with E-state index in [9.17, 15) is 9.90 Å². The summed E-state index contributed by atoms with van der Waals surface area (Å²) in [5.74, 6) is 0. The van der Waals surface area contributed by atoms with E-state index < -0.39 is 0 Å². The molecule has 2 atom stereocenters. The van der Waals surface area contributed by atoms with E-state index in [0.29, 0.717) is 5.16 Å². The van der Waals surface area contributed by atoms with Gasteiger partial charge in [-0.2, -0.15) is 0 Å². The molecule has 1 aliphatic carbocycles. The topological polar surface area (TPSA) is 70.9 Å². The predicted molar refractivity (Wildman–Crippen MR) is 62.7 cm³/mol. The van der Waals surface area contributed by atoms with Crippen LogP contribution in [-0.2, 0) is 0 Å². The van der Waals surface area contributed by atoms with Crippen LogP contribution < -0.4 is 5.69 Å². The lowest BCUT2D eigenvalue weighted by Crippen LogP contribution is -2.21. The zero-order valence-corrected chi connectivity index (χ0v) is 10.3. The Bertz CT molecular complexity index is 412. The number of aromatic nitrogens is 3. The number of hydrogen-bond acceptors (Lipinski definition) is 4. The highest BCUT2D eigenvalue weighted by Gasteiger charge is 2.28. The van der Waals surface area contributed by atoms with Crippen molar-refractivity contribution in [2.45, 2.75) is 55.7 Å². The number of H-pyrrole nitrogens is 1. The third-order valence-corrected chi connectivity index (χ3v) is 4.21. The fourth-order valence-electron chi connectivity index (χ4n) is 2.01. The first-order valence-electron chi connectivity index (χ1n) is 5.61. The van der Waals surface area contributed by atoms with Crippen LogP contribution in [0.2, 0.25) is 0 Å². The summed E-state index contributed by atoms with van der Waals surface area (Å²) in [7, 11) is 0. The van der Waals surface area contributed by atoms with Crippen molar-refractivity contribution < 1.29 is 5.11 Å². The summed E-state index contributed by atoms with van der Waals surface area (Å²) < 4.78 is 1.63. The molecule has 5 nitrogen and oxygen atoms in total. The van der Waals surface area contributed by atoms with E-state index >= 15 is 0 Å². The van der Waals surface area contributed by atoms with E-state index in [1.807, 2.05) is 13.8 Å². The van der Waals surface area contributed by atoms with Crippen molar-refractivity contribution in [3.05, 3.63) is 10.5 Å². The monoisotopic (exact) mass is 243 g/mol. The summed E-state index contributed by atoms with van der Waals surface area (Å²) in [6.45, 7) is 3.90. The Hall–Kier alpha value is -0.750. The van der Waals surface area contributed by atoms with Crippen molar-refractivity contribution in [3.8, 4) is 0 Å². The predicted octanol–water partition coefficient (Wildman–Crippen LogP) is 1.16. The van der Waals surface area contributed by atoms with Gasteiger partial charge in [-0.25, -0.2) is 9.89 Å². The minimum Gasteiger partial charge on any atom is -0.392 e. The average Bonchev–Trinajstić information content (AvgIpc) is 2.75. The molecule has 0 aromatic carbocycles. The minimum absolute atomic E-state index is 0.0901. The van der Waals surface area contributed by atoms with E-state index in [2.05, 4.69) is 10.2 Å². The third-order valence-electron chi connectivity index (χ3n) is 2.86. The molecule has 0 amide bonds. The molecular weight excluding hydrogens is 226 g/mol. The highest BCUT2D eigenvalue weighted by Crippen LogP contribution is 2.34. The lowest BCUT2D eigenvalue weighted by Gasteiger charge is -2.14. The Morgan fingerprint density at radius 1 is 1.56 bits per heavy atom. The third kappa shape index (κ3) is 2.17. The molecule has 0 aliphatic heterocycles. The van der Waals surface area contributed by atoms with Crippen LogP contribution in [-0.4, -0.2) is 31.2 Å². The lowest BCUT2D eigenvalue weighted by molar-refractivity contribution is 0.188. The number of rotatable bonds is 3. The van der Waals surface area contributed by atoms with E-state index in [1.165, 1.54) is 11.8 Å². The van der Waals surface area contributed by atoms with Gasteiger partial charge in [-0.05, 0) is 33.1 Å². The van der Waals surface area contributed by atoms with Crippen LogP contribution in [0.4, 0.5) is 0 Å². The smallest absolute Gasteiger partial charge is 0.344 e. The maximum Gasteiger partial charge on any atom is 0.344 e. The van der Waals surface area contributed by atoms with E-state index in [4.69, 9.17) is 0 Å². The molecule has 2 rings (SSSR count). The van der Waals surface area contributed by atoms with Crippen molar-refractivity contribution in [2.24, 2.45) is 0 Å². The van der Waals surface area contributed by atoms with Crippen LogP contribution in [0, 0.1) is 0 Å². The van der Waals surface area contributed by atoms with Gasteiger partial charge in [0.05, 0.1) is 6.10 Å². The van der Waals surface area contributed by atoms with Gasteiger partial charge in [-0.3, -0.25) is 4.57 Å². The number of hydrogen-bond donors (Lipinski definition) is 2. The Kier molecular flexibility index (Phi) is 3.39. The number of nitrogens with one attached hydrogen (secondary N) is 1. The molecule has 0 radical (unpaired) electrons. The molecular formula is C10H17N3O2S. The standard InChI is InChI=1S/C10H17N3O2S/c1-6(2)13-9(15)11-12-10(13)16-8-5-3-4-7(8)14/h6-8,14H,3-5H2,1-2H3,(H,11,15). The molecule has 90 valence electrons. The normalized spacial score (nSPS) is 25.5. The summed E-state index contributed by atoms with van der Waals surface area (Å²) >= 11 is 1.51. The van der Waals surface area contributed by atoms with Gasteiger partial charge >= 0.3 is 5.69 Å². The quantitative estimate of drug-likeness (QED) is 0.835. The van der Waals surface area contributed by atoms with Gasteiger partial charge in [0.1, 0.15) is 0 Å². The molecule has 2 unspecified atom stereocenters. The number of aliphatic hydroxyl groups is 1. The van der Waals surface area contributed by atoms with Crippen LogP contribution in [0.1, 0.15) is 39.2 Å². The molecule has 1 aliphatic rings. The highest BCUT2D eigenvalue weighted by atomic mass is 32.2. The second-order valence-electron chi connectivity index (χ2n) is 4.43. The maximum atomic E-state index is 11.5. The Morgan fingerprint density at radius 3 is 2.88 bits per heavy atom. The molecule has 0 spiro atoms. The van der Waals surface area contributed by atoms with E-state index in [-0.39, 0.29) is 23.1 Å². The summed E-state index contributed by atoms with van der Waals surface area (Å²) in [6.07, 6.45) is 2.63. The van der Waals surface area contributed by atoms with Crippen LogP contribution in [0.25, 0.3) is 0 Å². The summed E-state index contributed by atoms with van der Waals surface area (Å²) in [6, 6.07) is 0.0901. The minimum atomic E-state index is -0.266. The largest absolute Gasteiger partial charge is 0.392 e. The van der Waals surface area contributed by atoms with Gasteiger partial charge in [0, 0.05) is 11.3 Å². The number of nitrogens with zero attached hydrogens (tertiary/aromatic N) is 2. The molecule has 1 heterocycles. The van der Waals surface area contributed by atoms with Crippen LogP contribution >= 0.6 is 11.8 Å². The van der Waals surface area contributed by atoms with Crippen molar-refractivity contribution in [3.63, 3.8) is 0 Å². The van der Waals surface area contributed by atoms with Gasteiger partial charge in [-0.15, -0.1) is 5.10 Å². The maximum absolute atomic E-state index is 11.5. The van der Waals surface area contributed by atoms with E-state index in [0.717, 1.165) is 19.3 Å². The van der Waals surface area contributed by atoms with Crippen molar-refractivity contribution in [1.29, 1.82) is 0 Å². The molecule has 2 N–H and O–H groups in total. The van der Waals surface area contributed by atoms with E-state index in [1.54, 1.807) is 4.57 Å². The molecule has 1 aromatic heterocycles. The van der Waals surface area contributed by atoms with Gasteiger partial charge < -0.3 is 5.11 Å². The lowest BCUT2D eigenvalue weighted by atomic mass is 10.3. The molecule has 6 heteroatoms. The van der Waals surface area contributed by atoms with Gasteiger partial charge in [0.2, 0.25) is 0 Å². The fourth-order valence-corrected chi connectivity index (χ4v) is 3.36. The second-order valence-corrected chi connectivity index (χ2v) is 5.64. The fraction of sp³-hybridized carbons (Fsp3) is 0.800. The summed E-state index contributed by atoms with van der Waals surface area (Å²) in [4.78, 5) is 11.5. The van der Waals surface area contributed by atoms with Crippen molar-refractivity contribution in [2.75, 3.05) is 0 Å². The first kappa shape index (κ1) is 11.7. The van der Waals surface area contributed by atoms with Crippen LogP contribution in [0.5, 0.6) is 0 Å². The summed E-state index contributed by atoms with van der Waals surface area (Å²) in [5.41, 5.74) is -0.176. The van der Waals surface area contributed by atoms with Gasteiger partial charge in [0.15, 0.2) is 5.16 Å². The number of thioether (sulfide) groups is 1. The van der Waals surface area contributed by atoms with Crippen LogP contribution in [0.15, 0.2) is 9.95 Å². The second kappa shape index (κ2) is 4.63. The molecule has 0 bridgehead atoms. The van der Waals surface area contributed by atoms with Gasteiger partial charge in [-0.1, -0.05) is 11.8 Å². The first-order valence-corrected chi connectivity index (χ1v) is 6.49. The first-order chi connectivity index (χ1) is 7.59. The van der Waals surface area contributed by atoms with Gasteiger partial charge in [0.25, 0.3) is 0 Å². The molecule has 1 fully saturated rings. The van der Waals surface area contributed by atoms with Crippen molar-refractivity contribution in [1.82, 2.24) is 14.8 Å². The molecule has 1 aromatic rings. The summed E-state index contributed by atoms with van der Waals surface area (Å²) in [5, 5.41) is 17.1. The Labute approximate surface area is 98.3 Å².